The predicted octanol–water partition coefficient (Wildman–Crippen LogP) is 4.46. The van der Waals surface area contributed by atoms with Crippen LogP contribution in [0.2, 0.25) is 0 Å². The Kier molecular flexibility index (Phi) is 5.01. The van der Waals surface area contributed by atoms with Crippen LogP contribution in [-0.4, -0.2) is 17.2 Å². The van der Waals surface area contributed by atoms with Gasteiger partial charge in [0.25, 0.3) is 0 Å². The minimum absolute atomic E-state index is 0.418. The van der Waals surface area contributed by atoms with Crippen molar-refractivity contribution in [1.82, 2.24) is 4.98 Å². The molecular formula is C14H13Br2NO3. The van der Waals surface area contributed by atoms with Gasteiger partial charge in [-0.2, -0.15) is 0 Å². The number of methoxy groups -OCH3 is 1. The van der Waals surface area contributed by atoms with Crippen LogP contribution >= 0.6 is 31.9 Å². The summed E-state index contributed by atoms with van der Waals surface area (Å²) in [6, 6.07) is 7.04. The Balaban J connectivity index is 2.30. The van der Waals surface area contributed by atoms with E-state index in [9.17, 15) is 5.11 Å². The maximum atomic E-state index is 9.56. The summed E-state index contributed by atoms with van der Waals surface area (Å²) in [6.07, 6.45) is 1.04. The first-order chi connectivity index (χ1) is 9.51. The van der Waals surface area contributed by atoms with E-state index >= 15 is 0 Å². The highest BCUT2D eigenvalue weighted by Crippen LogP contribution is 2.37. The van der Waals surface area contributed by atoms with Crippen LogP contribution in [-0.2, 0) is 0 Å². The van der Waals surface area contributed by atoms with Crippen molar-refractivity contribution in [3.8, 4) is 17.4 Å². The normalized spacial score (nSPS) is 12.1. The molecule has 0 saturated carbocycles. The number of aliphatic hydroxyl groups is 1. The predicted molar refractivity (Wildman–Crippen MR) is 83.3 cm³/mol. The second kappa shape index (κ2) is 6.56. The van der Waals surface area contributed by atoms with Crippen LogP contribution in [0.15, 0.2) is 39.4 Å². The Morgan fingerprint density at radius 3 is 2.45 bits per heavy atom. The van der Waals surface area contributed by atoms with Gasteiger partial charge in [-0.05, 0) is 62.5 Å². The van der Waals surface area contributed by atoms with Gasteiger partial charge in [-0.15, -0.1) is 0 Å². The van der Waals surface area contributed by atoms with Crippen molar-refractivity contribution in [2.24, 2.45) is 0 Å². The zero-order valence-corrected chi connectivity index (χ0v) is 14.1. The number of hydrogen-bond acceptors (Lipinski definition) is 4. The quantitative estimate of drug-likeness (QED) is 0.820. The van der Waals surface area contributed by atoms with E-state index in [0.717, 1.165) is 14.5 Å². The molecule has 20 heavy (non-hydrogen) atoms. The van der Waals surface area contributed by atoms with Crippen molar-refractivity contribution in [3.05, 3.63) is 45.0 Å². The maximum Gasteiger partial charge on any atom is 0.219 e. The number of nitrogens with zero attached hydrogens (tertiary/aromatic N) is 1. The summed E-state index contributed by atoms with van der Waals surface area (Å²) in [5.41, 5.74) is 0.749. The SMILES string of the molecule is COc1cc(Br)c(Oc2cc([C@H](C)O)ccn2)cc1Br. The molecule has 0 aliphatic rings. The molecule has 106 valence electrons. The number of ether oxygens (including phenoxy) is 2. The molecule has 0 aliphatic heterocycles. The first kappa shape index (κ1) is 15.3. The summed E-state index contributed by atoms with van der Waals surface area (Å²) in [6.45, 7) is 1.69. The van der Waals surface area contributed by atoms with Gasteiger partial charge in [0.2, 0.25) is 5.88 Å². The van der Waals surface area contributed by atoms with Crippen LogP contribution in [0.3, 0.4) is 0 Å². The summed E-state index contributed by atoms with van der Waals surface area (Å²) >= 11 is 6.83. The molecule has 1 heterocycles. The van der Waals surface area contributed by atoms with E-state index in [1.54, 1.807) is 44.5 Å². The Morgan fingerprint density at radius 2 is 1.80 bits per heavy atom. The number of hydrogen-bond donors (Lipinski definition) is 1. The van der Waals surface area contributed by atoms with E-state index in [2.05, 4.69) is 36.8 Å². The molecule has 6 heteroatoms. The molecule has 1 aromatic heterocycles. The summed E-state index contributed by atoms with van der Waals surface area (Å²) in [5.74, 6) is 1.73. The van der Waals surface area contributed by atoms with Crippen molar-refractivity contribution >= 4 is 31.9 Å². The van der Waals surface area contributed by atoms with Crippen molar-refractivity contribution in [2.75, 3.05) is 7.11 Å². The van der Waals surface area contributed by atoms with E-state index in [4.69, 9.17) is 9.47 Å². The van der Waals surface area contributed by atoms with E-state index in [1.807, 2.05) is 0 Å². The van der Waals surface area contributed by atoms with Crippen molar-refractivity contribution in [2.45, 2.75) is 13.0 Å². The monoisotopic (exact) mass is 401 g/mol. The van der Waals surface area contributed by atoms with E-state index < -0.39 is 6.10 Å². The number of aromatic nitrogens is 1. The molecule has 0 spiro atoms. The van der Waals surface area contributed by atoms with Gasteiger partial charge in [-0.1, -0.05) is 0 Å². The van der Waals surface area contributed by atoms with Gasteiger partial charge in [0.15, 0.2) is 0 Å². The summed E-state index contributed by atoms with van der Waals surface area (Å²) in [5, 5.41) is 9.56. The number of halogens is 2. The lowest BCUT2D eigenvalue weighted by Gasteiger charge is -2.11. The Morgan fingerprint density at radius 1 is 1.15 bits per heavy atom. The van der Waals surface area contributed by atoms with E-state index in [0.29, 0.717) is 17.4 Å². The van der Waals surface area contributed by atoms with Crippen LogP contribution in [0.4, 0.5) is 0 Å². The molecule has 1 aromatic carbocycles. The van der Waals surface area contributed by atoms with Crippen LogP contribution in [0.25, 0.3) is 0 Å². The van der Waals surface area contributed by atoms with Crippen LogP contribution < -0.4 is 9.47 Å². The lowest BCUT2D eigenvalue weighted by molar-refractivity contribution is 0.198. The zero-order valence-electron chi connectivity index (χ0n) is 10.9. The number of rotatable bonds is 4. The molecule has 0 unspecified atom stereocenters. The lowest BCUT2D eigenvalue weighted by atomic mass is 10.2. The third kappa shape index (κ3) is 3.50. The fourth-order valence-corrected chi connectivity index (χ4v) is 2.49. The fraction of sp³-hybridized carbons (Fsp3) is 0.214. The third-order valence-electron chi connectivity index (χ3n) is 2.66. The topological polar surface area (TPSA) is 51.6 Å². The molecule has 0 amide bonds. The first-order valence-corrected chi connectivity index (χ1v) is 7.44. The second-order valence-corrected chi connectivity index (χ2v) is 5.83. The molecule has 2 aromatic rings. The standard InChI is InChI=1S/C14H13Br2NO3/c1-8(18)9-3-4-17-14(5-9)20-13-7-10(15)12(19-2)6-11(13)16/h3-8,18H,1-2H3/t8-/m0/s1. The molecule has 0 fully saturated rings. The number of benzene rings is 1. The largest absolute Gasteiger partial charge is 0.496 e. The molecule has 0 saturated heterocycles. The Bertz CT molecular complexity index is 617. The van der Waals surface area contributed by atoms with E-state index in [-0.39, 0.29) is 0 Å². The zero-order chi connectivity index (χ0) is 14.7. The molecule has 0 aliphatic carbocycles. The molecule has 0 bridgehead atoms. The Labute approximate surface area is 134 Å². The van der Waals surface area contributed by atoms with Crippen LogP contribution in [0.1, 0.15) is 18.6 Å². The summed E-state index contributed by atoms with van der Waals surface area (Å²) in [4.78, 5) is 4.13. The molecule has 4 nitrogen and oxygen atoms in total. The number of pyridine rings is 1. The van der Waals surface area contributed by atoms with Gasteiger partial charge in [-0.25, -0.2) is 4.98 Å². The van der Waals surface area contributed by atoms with Gasteiger partial charge < -0.3 is 14.6 Å². The minimum Gasteiger partial charge on any atom is -0.496 e. The first-order valence-electron chi connectivity index (χ1n) is 5.86. The molecule has 0 radical (unpaired) electrons. The molecule has 1 atom stereocenters. The van der Waals surface area contributed by atoms with Crippen LogP contribution in [0, 0.1) is 0 Å². The molecule has 1 N–H and O–H groups in total. The van der Waals surface area contributed by atoms with Gasteiger partial charge in [-0.3, -0.25) is 0 Å². The second-order valence-electron chi connectivity index (χ2n) is 4.12. The molecular weight excluding hydrogens is 390 g/mol. The number of aliphatic hydroxyl groups excluding tert-OH is 1. The minimum atomic E-state index is -0.564. The average molecular weight is 403 g/mol. The van der Waals surface area contributed by atoms with Gasteiger partial charge in [0, 0.05) is 12.3 Å². The van der Waals surface area contributed by atoms with E-state index in [1.165, 1.54) is 0 Å². The lowest BCUT2D eigenvalue weighted by Crippen LogP contribution is -1.95. The maximum absolute atomic E-state index is 9.56. The molecule has 2 rings (SSSR count). The van der Waals surface area contributed by atoms with Crippen LogP contribution in [0.5, 0.6) is 17.4 Å². The fourth-order valence-electron chi connectivity index (χ4n) is 1.60. The highest BCUT2D eigenvalue weighted by molar-refractivity contribution is 9.11. The van der Waals surface area contributed by atoms with Crippen molar-refractivity contribution in [1.29, 1.82) is 0 Å². The van der Waals surface area contributed by atoms with Crippen molar-refractivity contribution < 1.29 is 14.6 Å². The summed E-state index contributed by atoms with van der Waals surface area (Å²) < 4.78 is 12.5. The summed E-state index contributed by atoms with van der Waals surface area (Å²) in [7, 11) is 1.60. The van der Waals surface area contributed by atoms with Gasteiger partial charge >= 0.3 is 0 Å². The smallest absolute Gasteiger partial charge is 0.219 e. The van der Waals surface area contributed by atoms with Crippen molar-refractivity contribution in [3.63, 3.8) is 0 Å². The average Bonchev–Trinajstić information content (AvgIpc) is 2.42. The third-order valence-corrected chi connectivity index (χ3v) is 3.90. The van der Waals surface area contributed by atoms with Gasteiger partial charge in [0.1, 0.15) is 11.5 Å². The Hall–Kier alpha value is -1.11. The van der Waals surface area contributed by atoms with Gasteiger partial charge in [0.05, 0.1) is 22.2 Å². The highest BCUT2D eigenvalue weighted by Gasteiger charge is 2.11. The highest BCUT2D eigenvalue weighted by atomic mass is 79.9.